The van der Waals surface area contributed by atoms with Crippen molar-refractivity contribution in [1.29, 1.82) is 0 Å². The van der Waals surface area contributed by atoms with Gasteiger partial charge in [-0.2, -0.15) is 0 Å². The molecule has 4 nitrogen and oxygen atoms in total. The van der Waals surface area contributed by atoms with Crippen molar-refractivity contribution >= 4 is 11.6 Å². The van der Waals surface area contributed by atoms with Crippen molar-refractivity contribution in [2.75, 3.05) is 0 Å². The zero-order valence-electron chi connectivity index (χ0n) is 10.5. The van der Waals surface area contributed by atoms with Gasteiger partial charge in [-0.15, -0.1) is 0 Å². The Kier molecular flexibility index (Phi) is 2.93. The third-order valence-electron chi connectivity index (χ3n) is 3.81. The van der Waals surface area contributed by atoms with Crippen LogP contribution in [0.15, 0.2) is 35.9 Å². The van der Waals surface area contributed by atoms with Crippen molar-refractivity contribution in [2.45, 2.75) is 31.6 Å². The number of aliphatic hydroxyl groups excluding tert-OH is 1. The Hall–Kier alpha value is -1.97. The number of aromatic nitrogens is 1. The number of hydrogen-bond donors (Lipinski definition) is 1. The van der Waals surface area contributed by atoms with E-state index in [4.69, 9.17) is 0 Å². The predicted octanol–water partition coefficient (Wildman–Crippen LogP) is 2.32. The fourth-order valence-electron chi connectivity index (χ4n) is 2.59. The van der Waals surface area contributed by atoms with Gasteiger partial charge in [-0.25, -0.2) is 0 Å². The van der Waals surface area contributed by atoms with Crippen molar-refractivity contribution in [3.05, 3.63) is 41.4 Å². The van der Waals surface area contributed by atoms with Crippen LogP contribution in [0.1, 0.15) is 37.2 Å². The fraction of sp³-hybridized carbons (Fsp3) is 0.400. The Morgan fingerprint density at radius 1 is 1.21 bits per heavy atom. The second kappa shape index (κ2) is 4.61. The molecule has 4 heteroatoms. The molecule has 0 bridgehead atoms. The summed E-state index contributed by atoms with van der Waals surface area (Å²) >= 11 is 0. The molecule has 3 rings (SSSR count). The highest BCUT2D eigenvalue weighted by Crippen LogP contribution is 2.38. The number of aliphatic hydroxyl groups is 1. The summed E-state index contributed by atoms with van der Waals surface area (Å²) in [5.74, 6) is -0.488. The van der Waals surface area contributed by atoms with Gasteiger partial charge in [-0.05, 0) is 36.5 Å². The molecule has 98 valence electrons. The lowest BCUT2D eigenvalue weighted by Gasteiger charge is -2.23. The van der Waals surface area contributed by atoms with Gasteiger partial charge in [0.1, 0.15) is 5.76 Å². The maximum Gasteiger partial charge on any atom is 0.172 e. The van der Waals surface area contributed by atoms with E-state index in [2.05, 4.69) is 4.98 Å². The molecule has 1 aromatic rings. The van der Waals surface area contributed by atoms with E-state index >= 15 is 0 Å². The normalized spacial score (nSPS) is 23.6. The summed E-state index contributed by atoms with van der Waals surface area (Å²) in [4.78, 5) is 28.0. The van der Waals surface area contributed by atoms with Crippen LogP contribution in [-0.2, 0) is 9.59 Å². The quantitative estimate of drug-likeness (QED) is 0.844. The third kappa shape index (κ3) is 2.30. The molecule has 1 aromatic heterocycles. The first kappa shape index (κ1) is 12.1. The van der Waals surface area contributed by atoms with Gasteiger partial charge in [0.05, 0.1) is 5.57 Å². The number of Topliss-reactive ketones (excluding diaryl/α,β-unsaturated/α-hetero) is 2. The molecule has 0 radical (unpaired) electrons. The highest BCUT2D eigenvalue weighted by molar-refractivity contribution is 6.22. The monoisotopic (exact) mass is 257 g/mol. The Bertz CT molecular complexity index is 558. The minimum absolute atomic E-state index is 0.0291. The Morgan fingerprint density at radius 2 is 1.89 bits per heavy atom. The molecule has 0 saturated heterocycles. The number of hydrogen-bond acceptors (Lipinski definition) is 4. The Labute approximate surface area is 111 Å². The van der Waals surface area contributed by atoms with Gasteiger partial charge in [0, 0.05) is 31.2 Å². The molecule has 0 aromatic carbocycles. The summed E-state index contributed by atoms with van der Waals surface area (Å²) in [6.07, 6.45) is 5.69. The molecule has 0 aliphatic heterocycles. The van der Waals surface area contributed by atoms with Crippen LogP contribution in [0, 0.1) is 5.92 Å². The summed E-state index contributed by atoms with van der Waals surface area (Å²) in [5, 5.41) is 10.0. The van der Waals surface area contributed by atoms with Crippen molar-refractivity contribution in [1.82, 2.24) is 4.98 Å². The molecule has 1 atom stereocenters. The van der Waals surface area contributed by atoms with Crippen LogP contribution in [0.3, 0.4) is 0 Å². The fourth-order valence-corrected chi connectivity index (χ4v) is 2.59. The molecule has 1 N–H and O–H groups in total. The second-order valence-corrected chi connectivity index (χ2v) is 5.27. The molecule has 1 fully saturated rings. The van der Waals surface area contributed by atoms with E-state index in [1.165, 1.54) is 0 Å². The lowest BCUT2D eigenvalue weighted by molar-refractivity contribution is -0.123. The highest BCUT2D eigenvalue weighted by atomic mass is 16.3. The maximum atomic E-state index is 12.1. The zero-order chi connectivity index (χ0) is 13.4. The molecule has 1 heterocycles. The predicted molar refractivity (Wildman–Crippen MR) is 68.6 cm³/mol. The molecule has 2 aliphatic carbocycles. The van der Waals surface area contributed by atoms with E-state index in [0.717, 1.165) is 18.4 Å². The van der Waals surface area contributed by atoms with Crippen molar-refractivity contribution in [3.63, 3.8) is 0 Å². The van der Waals surface area contributed by atoms with Crippen molar-refractivity contribution < 1.29 is 14.7 Å². The average Bonchev–Trinajstić information content (AvgIpc) is 3.23. The lowest BCUT2D eigenvalue weighted by atomic mass is 9.81. The van der Waals surface area contributed by atoms with Gasteiger partial charge in [0.2, 0.25) is 0 Å². The van der Waals surface area contributed by atoms with E-state index < -0.39 is 0 Å². The topological polar surface area (TPSA) is 67.3 Å². The van der Waals surface area contributed by atoms with E-state index in [9.17, 15) is 14.7 Å². The largest absolute Gasteiger partial charge is 0.511 e. The molecule has 0 amide bonds. The van der Waals surface area contributed by atoms with Crippen LogP contribution in [0.4, 0.5) is 0 Å². The van der Waals surface area contributed by atoms with E-state index in [1.54, 1.807) is 12.4 Å². The first-order valence-corrected chi connectivity index (χ1v) is 6.56. The Morgan fingerprint density at radius 3 is 2.47 bits per heavy atom. The number of ketones is 2. The third-order valence-corrected chi connectivity index (χ3v) is 3.81. The standard InChI is InChI=1S/C15H15NO3/c17-12-7-11(9-3-5-16-6-4-9)8-13(18)14(12)15(19)10-1-2-10/h3-6,10-11,17H,1-2,7-8H2. The van der Waals surface area contributed by atoms with E-state index in [-0.39, 0.29) is 34.7 Å². The minimum atomic E-state index is -0.220. The molecular weight excluding hydrogens is 242 g/mol. The van der Waals surface area contributed by atoms with Gasteiger partial charge in [0.25, 0.3) is 0 Å². The first-order chi connectivity index (χ1) is 9.16. The van der Waals surface area contributed by atoms with Crippen molar-refractivity contribution in [2.24, 2.45) is 5.92 Å². The van der Waals surface area contributed by atoms with Gasteiger partial charge in [-0.3, -0.25) is 14.6 Å². The van der Waals surface area contributed by atoms with Crippen LogP contribution in [0.2, 0.25) is 0 Å². The van der Waals surface area contributed by atoms with Gasteiger partial charge < -0.3 is 5.11 Å². The number of carbonyl (C=O) groups is 2. The SMILES string of the molecule is O=C1CC(c2ccncc2)CC(O)=C1C(=O)C1CC1. The second-order valence-electron chi connectivity index (χ2n) is 5.27. The van der Waals surface area contributed by atoms with Crippen LogP contribution in [0.5, 0.6) is 0 Å². The number of pyridine rings is 1. The van der Waals surface area contributed by atoms with Crippen LogP contribution < -0.4 is 0 Å². The molecular formula is C15H15NO3. The summed E-state index contributed by atoms with van der Waals surface area (Å²) in [6.45, 7) is 0. The lowest BCUT2D eigenvalue weighted by Crippen LogP contribution is -2.24. The number of rotatable bonds is 3. The molecule has 0 spiro atoms. The smallest absolute Gasteiger partial charge is 0.172 e. The summed E-state index contributed by atoms with van der Waals surface area (Å²) in [6, 6.07) is 3.69. The van der Waals surface area contributed by atoms with E-state index in [1.807, 2.05) is 12.1 Å². The molecule has 1 saturated carbocycles. The summed E-state index contributed by atoms with van der Waals surface area (Å²) in [7, 11) is 0. The molecule has 1 unspecified atom stereocenters. The first-order valence-electron chi connectivity index (χ1n) is 6.56. The zero-order valence-corrected chi connectivity index (χ0v) is 10.5. The molecule has 19 heavy (non-hydrogen) atoms. The highest BCUT2D eigenvalue weighted by Gasteiger charge is 2.39. The number of carbonyl (C=O) groups excluding carboxylic acids is 2. The van der Waals surface area contributed by atoms with E-state index in [0.29, 0.717) is 12.8 Å². The van der Waals surface area contributed by atoms with Crippen molar-refractivity contribution in [3.8, 4) is 0 Å². The van der Waals surface area contributed by atoms with Gasteiger partial charge in [0.15, 0.2) is 11.6 Å². The van der Waals surface area contributed by atoms with Gasteiger partial charge in [-0.1, -0.05) is 0 Å². The maximum absolute atomic E-state index is 12.1. The number of allylic oxidation sites excluding steroid dienone is 2. The summed E-state index contributed by atoms with van der Waals surface area (Å²) < 4.78 is 0. The number of nitrogens with zero attached hydrogens (tertiary/aromatic N) is 1. The van der Waals surface area contributed by atoms with Crippen LogP contribution in [-0.4, -0.2) is 21.7 Å². The van der Waals surface area contributed by atoms with Crippen LogP contribution in [0.25, 0.3) is 0 Å². The van der Waals surface area contributed by atoms with Gasteiger partial charge >= 0.3 is 0 Å². The van der Waals surface area contributed by atoms with Crippen LogP contribution >= 0.6 is 0 Å². The Balaban J connectivity index is 1.86. The summed E-state index contributed by atoms with van der Waals surface area (Å²) in [5.41, 5.74) is 1.04. The minimum Gasteiger partial charge on any atom is -0.511 e. The average molecular weight is 257 g/mol. The molecule has 2 aliphatic rings.